The van der Waals surface area contributed by atoms with Crippen LogP contribution in [0.4, 0.5) is 5.13 Å². The molecule has 1 aromatic carbocycles. The van der Waals surface area contributed by atoms with Crippen molar-refractivity contribution in [3.05, 3.63) is 59.7 Å². The average Bonchev–Trinajstić information content (AvgIpc) is 2.97. The van der Waals surface area contributed by atoms with E-state index in [1.165, 1.54) is 11.3 Å². The minimum atomic E-state index is 0.226. The van der Waals surface area contributed by atoms with Crippen LogP contribution in [0.25, 0.3) is 11.3 Å². The highest BCUT2D eigenvalue weighted by Crippen LogP contribution is 2.26. The molecule has 3 rings (SSSR count). The Labute approximate surface area is 125 Å². The van der Waals surface area contributed by atoms with Gasteiger partial charge in [0.05, 0.1) is 11.9 Å². The van der Waals surface area contributed by atoms with Crippen LogP contribution >= 0.6 is 11.3 Å². The van der Waals surface area contributed by atoms with Crippen molar-refractivity contribution in [1.82, 2.24) is 9.97 Å². The predicted octanol–water partition coefficient (Wildman–Crippen LogP) is 3.36. The van der Waals surface area contributed by atoms with Gasteiger partial charge in [0.15, 0.2) is 0 Å². The summed E-state index contributed by atoms with van der Waals surface area (Å²) in [5, 5.41) is 16.2. The number of phenolic OH excluding ortho intramolecular Hbond substituents is 1. The molecular formula is C15H12N4OS. The lowest BCUT2D eigenvalue weighted by Gasteiger charge is -1.97. The minimum Gasteiger partial charge on any atom is -0.508 e. The molecule has 104 valence electrons. The number of anilines is 1. The molecule has 21 heavy (non-hydrogen) atoms. The normalized spacial score (nSPS) is 10.9. The molecule has 0 unspecified atom stereocenters. The maximum atomic E-state index is 9.48. The number of rotatable bonds is 4. The van der Waals surface area contributed by atoms with Crippen molar-refractivity contribution in [1.29, 1.82) is 0 Å². The van der Waals surface area contributed by atoms with Gasteiger partial charge < -0.3 is 5.11 Å². The van der Waals surface area contributed by atoms with Gasteiger partial charge in [0.25, 0.3) is 0 Å². The van der Waals surface area contributed by atoms with E-state index in [-0.39, 0.29) is 5.75 Å². The first kappa shape index (κ1) is 13.3. The van der Waals surface area contributed by atoms with Crippen LogP contribution in [0.5, 0.6) is 5.75 Å². The molecule has 0 spiro atoms. The summed E-state index contributed by atoms with van der Waals surface area (Å²) in [6.45, 7) is 0. The number of nitrogens with one attached hydrogen (secondary N) is 1. The van der Waals surface area contributed by atoms with Gasteiger partial charge in [0, 0.05) is 28.9 Å². The van der Waals surface area contributed by atoms with Crippen molar-refractivity contribution in [3.8, 4) is 17.0 Å². The van der Waals surface area contributed by atoms with Gasteiger partial charge in [-0.25, -0.2) is 4.98 Å². The molecule has 2 heterocycles. The highest BCUT2D eigenvalue weighted by Gasteiger charge is 2.04. The molecule has 5 nitrogen and oxygen atoms in total. The second-order valence-electron chi connectivity index (χ2n) is 4.24. The summed E-state index contributed by atoms with van der Waals surface area (Å²) in [6, 6.07) is 10.8. The third-order valence-corrected chi connectivity index (χ3v) is 3.45. The molecule has 3 aromatic rings. The van der Waals surface area contributed by atoms with Crippen LogP contribution < -0.4 is 5.43 Å². The average molecular weight is 296 g/mol. The number of benzene rings is 1. The molecule has 0 saturated heterocycles. The van der Waals surface area contributed by atoms with Crippen molar-refractivity contribution in [2.24, 2.45) is 5.10 Å². The Hall–Kier alpha value is -2.73. The molecule has 0 aliphatic heterocycles. The van der Waals surface area contributed by atoms with Crippen molar-refractivity contribution in [3.63, 3.8) is 0 Å². The third kappa shape index (κ3) is 3.43. The van der Waals surface area contributed by atoms with Gasteiger partial charge in [-0.1, -0.05) is 18.2 Å². The lowest BCUT2D eigenvalue weighted by atomic mass is 10.2. The third-order valence-electron chi connectivity index (χ3n) is 2.70. The molecule has 0 radical (unpaired) electrons. The number of hydrogen-bond donors (Lipinski definition) is 2. The summed E-state index contributed by atoms with van der Waals surface area (Å²) in [5.74, 6) is 0.226. The number of nitrogens with zero attached hydrogens (tertiary/aromatic N) is 3. The van der Waals surface area contributed by atoms with Gasteiger partial charge in [0.1, 0.15) is 5.75 Å². The number of pyridine rings is 1. The molecule has 0 fully saturated rings. The summed E-state index contributed by atoms with van der Waals surface area (Å²) in [5.41, 5.74) is 5.47. The van der Waals surface area contributed by atoms with Gasteiger partial charge in [-0.05, 0) is 18.2 Å². The van der Waals surface area contributed by atoms with E-state index >= 15 is 0 Å². The van der Waals surface area contributed by atoms with Crippen LogP contribution in [-0.4, -0.2) is 21.3 Å². The lowest BCUT2D eigenvalue weighted by molar-refractivity contribution is 0.475. The molecule has 0 saturated carbocycles. The second-order valence-corrected chi connectivity index (χ2v) is 5.10. The largest absolute Gasteiger partial charge is 0.508 e. The van der Waals surface area contributed by atoms with E-state index in [0.29, 0.717) is 5.13 Å². The van der Waals surface area contributed by atoms with Crippen LogP contribution in [0.15, 0.2) is 59.3 Å². The van der Waals surface area contributed by atoms with Crippen molar-refractivity contribution in [2.75, 3.05) is 5.43 Å². The Kier molecular flexibility index (Phi) is 3.88. The van der Waals surface area contributed by atoms with E-state index in [9.17, 15) is 5.11 Å². The topological polar surface area (TPSA) is 70.4 Å². The molecule has 6 heteroatoms. The monoisotopic (exact) mass is 296 g/mol. The summed E-state index contributed by atoms with van der Waals surface area (Å²) >= 11 is 1.45. The van der Waals surface area contributed by atoms with E-state index in [1.807, 2.05) is 23.6 Å². The molecular weight excluding hydrogens is 284 g/mol. The Morgan fingerprint density at radius 1 is 1.24 bits per heavy atom. The number of hydrazone groups is 1. The molecule has 0 amide bonds. The maximum Gasteiger partial charge on any atom is 0.203 e. The maximum absolute atomic E-state index is 9.48. The van der Waals surface area contributed by atoms with Gasteiger partial charge >= 0.3 is 0 Å². The summed E-state index contributed by atoms with van der Waals surface area (Å²) in [4.78, 5) is 8.43. The fourth-order valence-electron chi connectivity index (χ4n) is 1.74. The Morgan fingerprint density at radius 2 is 2.19 bits per heavy atom. The van der Waals surface area contributed by atoms with E-state index in [4.69, 9.17) is 0 Å². The number of aromatic nitrogens is 2. The minimum absolute atomic E-state index is 0.226. The Balaban J connectivity index is 1.70. The van der Waals surface area contributed by atoms with E-state index < -0.39 is 0 Å². The number of hydrogen-bond acceptors (Lipinski definition) is 6. The summed E-state index contributed by atoms with van der Waals surface area (Å²) < 4.78 is 0. The Morgan fingerprint density at radius 3 is 3.00 bits per heavy atom. The highest BCUT2D eigenvalue weighted by atomic mass is 32.1. The highest BCUT2D eigenvalue weighted by molar-refractivity contribution is 7.14. The number of aromatic hydroxyl groups is 1. The van der Waals surface area contributed by atoms with E-state index in [2.05, 4.69) is 20.5 Å². The zero-order valence-electron chi connectivity index (χ0n) is 11.0. The van der Waals surface area contributed by atoms with Crippen LogP contribution in [0, 0.1) is 0 Å². The predicted molar refractivity (Wildman–Crippen MR) is 84.7 cm³/mol. The fourth-order valence-corrected chi connectivity index (χ4v) is 2.41. The van der Waals surface area contributed by atoms with Crippen molar-refractivity contribution >= 4 is 22.7 Å². The number of thiazole rings is 1. The molecule has 0 bridgehead atoms. The molecule has 0 atom stereocenters. The van der Waals surface area contributed by atoms with Crippen LogP contribution in [0.2, 0.25) is 0 Å². The summed E-state index contributed by atoms with van der Waals surface area (Å²) in [7, 11) is 0. The van der Waals surface area contributed by atoms with Gasteiger partial charge in [0.2, 0.25) is 5.13 Å². The second kappa shape index (κ2) is 6.15. The molecule has 2 aromatic heterocycles. The summed E-state index contributed by atoms with van der Waals surface area (Å²) in [6.07, 6.45) is 5.13. The first-order valence-corrected chi connectivity index (χ1v) is 7.13. The Bertz CT molecular complexity index is 755. The molecule has 0 aliphatic carbocycles. The van der Waals surface area contributed by atoms with Crippen molar-refractivity contribution in [2.45, 2.75) is 0 Å². The van der Waals surface area contributed by atoms with Crippen molar-refractivity contribution < 1.29 is 5.11 Å². The SMILES string of the molecule is Oc1cccc(-c2csc(N/N=C\c3cccnc3)n2)c1. The van der Waals surface area contributed by atoms with Gasteiger partial charge in [-0.15, -0.1) is 11.3 Å². The van der Waals surface area contributed by atoms with Gasteiger partial charge in [-0.2, -0.15) is 5.10 Å². The smallest absolute Gasteiger partial charge is 0.203 e. The van der Waals surface area contributed by atoms with Crippen LogP contribution in [-0.2, 0) is 0 Å². The van der Waals surface area contributed by atoms with Crippen LogP contribution in [0.3, 0.4) is 0 Å². The standard InChI is InChI=1S/C15H12N4OS/c20-13-5-1-4-12(7-13)14-10-21-15(18-14)19-17-9-11-3-2-6-16-8-11/h1-10,20H,(H,18,19)/b17-9-. The zero-order valence-corrected chi connectivity index (χ0v) is 11.8. The first-order valence-electron chi connectivity index (χ1n) is 6.25. The van der Waals surface area contributed by atoms with E-state index in [0.717, 1.165) is 16.8 Å². The zero-order chi connectivity index (χ0) is 14.5. The number of phenols is 1. The quantitative estimate of drug-likeness (QED) is 0.572. The fraction of sp³-hybridized carbons (Fsp3) is 0. The van der Waals surface area contributed by atoms with E-state index in [1.54, 1.807) is 36.8 Å². The van der Waals surface area contributed by atoms with Gasteiger partial charge in [-0.3, -0.25) is 10.4 Å². The molecule has 0 aliphatic rings. The van der Waals surface area contributed by atoms with Crippen LogP contribution in [0.1, 0.15) is 5.56 Å². The lowest BCUT2D eigenvalue weighted by Crippen LogP contribution is -1.90. The first-order chi connectivity index (χ1) is 10.3. The molecule has 2 N–H and O–H groups in total.